The van der Waals surface area contributed by atoms with Gasteiger partial charge >= 0.3 is 0 Å². The quantitative estimate of drug-likeness (QED) is 0.329. The van der Waals surface area contributed by atoms with E-state index < -0.39 is 17.0 Å². The van der Waals surface area contributed by atoms with Crippen LogP contribution in [0.15, 0.2) is 71.9 Å². The molecule has 0 radical (unpaired) electrons. The van der Waals surface area contributed by atoms with Crippen LogP contribution in [0.4, 0.5) is 10.1 Å². The highest BCUT2D eigenvalue weighted by molar-refractivity contribution is 5.84. The van der Waals surface area contributed by atoms with Crippen LogP contribution in [0.1, 0.15) is 28.5 Å². The number of oxime groups is 1. The SMILES string of the molecule is O=[N+]([O-])c1ccccc1/C=N\OCc1cc(F)cc2c1O[C@H](c1ccccc1)OC2. The summed E-state index contributed by atoms with van der Waals surface area (Å²) in [4.78, 5) is 15.8. The third-order valence-corrected chi connectivity index (χ3v) is 4.51. The monoisotopic (exact) mass is 408 g/mol. The summed E-state index contributed by atoms with van der Waals surface area (Å²) in [6.45, 7) is 0.123. The number of rotatable bonds is 6. The summed E-state index contributed by atoms with van der Waals surface area (Å²) in [7, 11) is 0. The fourth-order valence-corrected chi connectivity index (χ4v) is 3.12. The number of benzene rings is 3. The molecular formula is C22H17FN2O5. The van der Waals surface area contributed by atoms with E-state index >= 15 is 0 Å². The van der Waals surface area contributed by atoms with E-state index in [4.69, 9.17) is 14.3 Å². The van der Waals surface area contributed by atoms with Crippen LogP contribution in [0.2, 0.25) is 0 Å². The van der Waals surface area contributed by atoms with Crippen molar-refractivity contribution in [3.63, 3.8) is 0 Å². The van der Waals surface area contributed by atoms with Crippen LogP contribution < -0.4 is 4.74 Å². The van der Waals surface area contributed by atoms with E-state index in [1.165, 1.54) is 24.4 Å². The Morgan fingerprint density at radius 3 is 2.73 bits per heavy atom. The molecule has 0 aromatic heterocycles. The fraction of sp³-hybridized carbons (Fsp3) is 0.136. The van der Waals surface area contributed by atoms with Crippen LogP contribution in [0.25, 0.3) is 0 Å². The maximum Gasteiger partial charge on any atom is 0.278 e. The van der Waals surface area contributed by atoms with Crippen molar-refractivity contribution in [3.05, 3.63) is 105 Å². The molecule has 0 N–H and O–H groups in total. The largest absolute Gasteiger partial charge is 0.460 e. The van der Waals surface area contributed by atoms with Crippen molar-refractivity contribution in [3.8, 4) is 5.75 Å². The van der Waals surface area contributed by atoms with Crippen molar-refractivity contribution in [2.45, 2.75) is 19.5 Å². The molecule has 1 aliphatic heterocycles. The second-order valence-corrected chi connectivity index (χ2v) is 6.55. The van der Waals surface area contributed by atoms with Crippen molar-refractivity contribution < 1.29 is 23.6 Å². The number of ether oxygens (including phenoxy) is 2. The molecule has 3 aromatic rings. The first-order valence-corrected chi connectivity index (χ1v) is 9.15. The third-order valence-electron chi connectivity index (χ3n) is 4.51. The van der Waals surface area contributed by atoms with Gasteiger partial charge in [0.25, 0.3) is 5.69 Å². The first-order valence-electron chi connectivity index (χ1n) is 9.15. The molecule has 1 aliphatic rings. The average molecular weight is 408 g/mol. The molecule has 8 heteroatoms. The summed E-state index contributed by atoms with van der Waals surface area (Å²) >= 11 is 0. The number of nitrogens with zero attached hydrogens (tertiary/aromatic N) is 2. The average Bonchev–Trinajstić information content (AvgIpc) is 2.77. The van der Waals surface area contributed by atoms with E-state index in [-0.39, 0.29) is 18.9 Å². The Kier molecular flexibility index (Phi) is 5.67. The van der Waals surface area contributed by atoms with Crippen molar-refractivity contribution in [2.24, 2.45) is 5.16 Å². The maximum absolute atomic E-state index is 14.0. The first-order chi connectivity index (χ1) is 14.6. The van der Waals surface area contributed by atoms with Crippen molar-refractivity contribution in [1.29, 1.82) is 0 Å². The second kappa shape index (κ2) is 8.71. The molecular weight excluding hydrogens is 391 g/mol. The van der Waals surface area contributed by atoms with Gasteiger partial charge in [-0.1, -0.05) is 47.6 Å². The van der Waals surface area contributed by atoms with Crippen LogP contribution >= 0.6 is 0 Å². The second-order valence-electron chi connectivity index (χ2n) is 6.55. The van der Waals surface area contributed by atoms with Gasteiger partial charge in [0.1, 0.15) is 18.2 Å². The van der Waals surface area contributed by atoms with Crippen molar-refractivity contribution in [1.82, 2.24) is 0 Å². The Morgan fingerprint density at radius 2 is 1.93 bits per heavy atom. The van der Waals surface area contributed by atoms with Crippen LogP contribution in [-0.4, -0.2) is 11.1 Å². The zero-order chi connectivity index (χ0) is 20.9. The Labute approximate surface area is 171 Å². The summed E-state index contributed by atoms with van der Waals surface area (Å²) < 4.78 is 25.7. The van der Waals surface area contributed by atoms with Crippen LogP contribution in [0.3, 0.4) is 0 Å². The standard InChI is InChI=1S/C22H17FN2O5/c23-19-10-17-13-28-22(15-6-2-1-3-7-15)30-21(17)18(11-19)14-29-24-12-16-8-4-5-9-20(16)25(26)27/h1-12,22H,13-14H2/b24-12-/t22-/m1/s1. The number of halogens is 1. The number of nitro benzene ring substituents is 1. The number of hydrogen-bond acceptors (Lipinski definition) is 6. The summed E-state index contributed by atoms with van der Waals surface area (Å²) in [6.07, 6.45) is 0.638. The number of hydrogen-bond donors (Lipinski definition) is 0. The Bertz CT molecular complexity index is 1090. The predicted molar refractivity (Wildman–Crippen MR) is 106 cm³/mol. The highest BCUT2D eigenvalue weighted by atomic mass is 19.1. The Hall–Kier alpha value is -3.78. The lowest BCUT2D eigenvalue weighted by molar-refractivity contribution is -0.385. The predicted octanol–water partition coefficient (Wildman–Crippen LogP) is 4.89. The summed E-state index contributed by atoms with van der Waals surface area (Å²) in [6, 6.07) is 18.2. The zero-order valence-corrected chi connectivity index (χ0v) is 15.7. The van der Waals surface area contributed by atoms with E-state index in [1.807, 2.05) is 30.3 Å². The van der Waals surface area contributed by atoms with Crippen molar-refractivity contribution >= 4 is 11.9 Å². The van der Waals surface area contributed by atoms with E-state index in [0.29, 0.717) is 22.4 Å². The Morgan fingerprint density at radius 1 is 1.17 bits per heavy atom. The minimum atomic E-state index is -0.613. The summed E-state index contributed by atoms with van der Waals surface area (Å²) in [5, 5.41) is 14.9. The van der Waals surface area contributed by atoms with Gasteiger partial charge < -0.3 is 14.3 Å². The maximum atomic E-state index is 14.0. The lowest BCUT2D eigenvalue weighted by Crippen LogP contribution is -2.19. The minimum Gasteiger partial charge on any atom is -0.460 e. The fourth-order valence-electron chi connectivity index (χ4n) is 3.12. The smallest absolute Gasteiger partial charge is 0.278 e. The molecule has 0 amide bonds. The van der Waals surface area contributed by atoms with E-state index in [2.05, 4.69) is 5.16 Å². The molecule has 0 saturated heterocycles. The molecule has 0 bridgehead atoms. The molecule has 0 spiro atoms. The molecule has 7 nitrogen and oxygen atoms in total. The normalized spacial score (nSPS) is 15.4. The summed E-state index contributed by atoms with van der Waals surface area (Å²) in [5.41, 5.74) is 2.10. The van der Waals surface area contributed by atoms with Crippen LogP contribution in [0.5, 0.6) is 5.75 Å². The molecule has 0 aliphatic carbocycles. The molecule has 0 unspecified atom stereocenters. The molecule has 0 saturated carbocycles. The van der Waals surface area contributed by atoms with Gasteiger partial charge in [-0.25, -0.2) is 4.39 Å². The van der Waals surface area contributed by atoms with Gasteiger partial charge in [-0.15, -0.1) is 0 Å². The van der Waals surface area contributed by atoms with Gasteiger partial charge in [-0.05, 0) is 18.2 Å². The van der Waals surface area contributed by atoms with E-state index in [0.717, 1.165) is 5.56 Å². The van der Waals surface area contributed by atoms with Crippen LogP contribution in [0, 0.1) is 15.9 Å². The number of para-hydroxylation sites is 1. The minimum absolute atomic E-state index is 0.0707. The molecule has 1 heterocycles. The van der Waals surface area contributed by atoms with Gasteiger partial charge in [0.15, 0.2) is 0 Å². The van der Waals surface area contributed by atoms with Gasteiger partial charge in [-0.3, -0.25) is 10.1 Å². The lowest BCUT2D eigenvalue weighted by atomic mass is 10.1. The first kappa shape index (κ1) is 19.5. The van der Waals surface area contributed by atoms with Gasteiger partial charge in [0.2, 0.25) is 6.29 Å². The summed E-state index contributed by atoms with van der Waals surface area (Å²) in [5.74, 6) is 0.0396. The third kappa shape index (κ3) is 4.28. The molecule has 3 aromatic carbocycles. The van der Waals surface area contributed by atoms with E-state index in [1.54, 1.807) is 18.2 Å². The van der Waals surface area contributed by atoms with E-state index in [9.17, 15) is 14.5 Å². The molecule has 30 heavy (non-hydrogen) atoms. The van der Waals surface area contributed by atoms with Crippen LogP contribution in [-0.2, 0) is 22.8 Å². The lowest BCUT2D eigenvalue weighted by Gasteiger charge is -2.28. The molecule has 4 rings (SSSR count). The topological polar surface area (TPSA) is 83.2 Å². The van der Waals surface area contributed by atoms with Gasteiger partial charge in [0.05, 0.1) is 23.3 Å². The number of fused-ring (bicyclic) bond motifs is 1. The Balaban J connectivity index is 1.50. The highest BCUT2D eigenvalue weighted by Crippen LogP contribution is 2.36. The number of nitro groups is 1. The molecule has 0 fully saturated rings. The molecule has 152 valence electrons. The highest BCUT2D eigenvalue weighted by Gasteiger charge is 2.25. The molecule has 1 atom stereocenters. The van der Waals surface area contributed by atoms with Gasteiger partial charge in [-0.2, -0.15) is 0 Å². The van der Waals surface area contributed by atoms with Crippen molar-refractivity contribution in [2.75, 3.05) is 0 Å². The zero-order valence-electron chi connectivity index (χ0n) is 15.7. The van der Waals surface area contributed by atoms with Gasteiger partial charge in [0, 0.05) is 22.8 Å².